The van der Waals surface area contributed by atoms with Gasteiger partial charge in [0.25, 0.3) is 0 Å². The highest BCUT2D eigenvalue weighted by molar-refractivity contribution is 6.31. The first-order valence-electron chi connectivity index (χ1n) is 5.31. The molecule has 1 aromatic rings. The van der Waals surface area contributed by atoms with E-state index in [1.165, 1.54) is 0 Å². The van der Waals surface area contributed by atoms with Crippen LogP contribution in [0.4, 0.5) is 0 Å². The minimum atomic E-state index is 0.0110. The summed E-state index contributed by atoms with van der Waals surface area (Å²) in [5.41, 5.74) is 8.21. The lowest BCUT2D eigenvalue weighted by Gasteiger charge is -2.29. The van der Waals surface area contributed by atoms with Crippen molar-refractivity contribution in [2.45, 2.75) is 31.9 Å². The van der Waals surface area contributed by atoms with Crippen molar-refractivity contribution in [2.75, 3.05) is 6.61 Å². The van der Waals surface area contributed by atoms with E-state index in [2.05, 4.69) is 6.07 Å². The Morgan fingerprint density at radius 2 is 2.27 bits per heavy atom. The molecule has 0 saturated carbocycles. The molecule has 3 heteroatoms. The second kappa shape index (κ2) is 4.52. The van der Waals surface area contributed by atoms with Crippen molar-refractivity contribution in [2.24, 2.45) is 5.73 Å². The Bertz CT molecular complexity index is 353. The number of halogens is 1. The molecule has 15 heavy (non-hydrogen) atoms. The van der Waals surface area contributed by atoms with Crippen molar-refractivity contribution in [1.29, 1.82) is 0 Å². The van der Waals surface area contributed by atoms with Crippen molar-refractivity contribution in [3.8, 4) is 0 Å². The van der Waals surface area contributed by atoms with E-state index in [1.54, 1.807) is 0 Å². The van der Waals surface area contributed by atoms with E-state index < -0.39 is 0 Å². The fraction of sp³-hybridized carbons (Fsp3) is 0.500. The Morgan fingerprint density at radius 3 is 2.93 bits per heavy atom. The van der Waals surface area contributed by atoms with Gasteiger partial charge in [-0.2, -0.15) is 0 Å². The molecule has 2 atom stereocenters. The monoisotopic (exact) mass is 225 g/mol. The molecule has 0 amide bonds. The quantitative estimate of drug-likeness (QED) is 0.798. The average molecular weight is 226 g/mol. The van der Waals surface area contributed by atoms with Gasteiger partial charge in [0.1, 0.15) is 0 Å². The third kappa shape index (κ3) is 2.33. The lowest BCUT2D eigenvalue weighted by atomic mass is 9.96. The van der Waals surface area contributed by atoms with E-state index >= 15 is 0 Å². The molecule has 2 nitrogen and oxygen atoms in total. The van der Waals surface area contributed by atoms with Gasteiger partial charge in [-0.15, -0.1) is 0 Å². The lowest BCUT2D eigenvalue weighted by Crippen LogP contribution is -2.34. The van der Waals surface area contributed by atoms with Crippen LogP contribution in [-0.2, 0) is 4.74 Å². The van der Waals surface area contributed by atoms with Gasteiger partial charge in [0.05, 0.1) is 6.10 Å². The molecule has 2 rings (SSSR count). The first-order valence-corrected chi connectivity index (χ1v) is 5.69. The Labute approximate surface area is 95.4 Å². The zero-order valence-corrected chi connectivity index (χ0v) is 9.63. The van der Waals surface area contributed by atoms with E-state index in [4.69, 9.17) is 22.1 Å². The fourth-order valence-electron chi connectivity index (χ4n) is 1.93. The van der Waals surface area contributed by atoms with Crippen LogP contribution in [0.2, 0.25) is 5.02 Å². The van der Waals surface area contributed by atoms with Gasteiger partial charge in [-0.05, 0) is 37.0 Å². The summed E-state index contributed by atoms with van der Waals surface area (Å²) in [5, 5.41) is 0.786. The van der Waals surface area contributed by atoms with Crippen LogP contribution in [0, 0.1) is 6.92 Å². The van der Waals surface area contributed by atoms with Crippen LogP contribution in [0.15, 0.2) is 18.2 Å². The number of nitrogens with two attached hydrogens (primary N) is 1. The SMILES string of the molecule is Cc1ccc(C2OCCCC2N)cc1Cl. The molecule has 1 aromatic carbocycles. The lowest BCUT2D eigenvalue weighted by molar-refractivity contribution is 0.000146. The fourth-order valence-corrected chi connectivity index (χ4v) is 2.12. The highest BCUT2D eigenvalue weighted by Gasteiger charge is 2.24. The zero-order chi connectivity index (χ0) is 10.8. The van der Waals surface area contributed by atoms with Gasteiger partial charge in [0.15, 0.2) is 0 Å². The van der Waals surface area contributed by atoms with Crippen LogP contribution in [0.25, 0.3) is 0 Å². The van der Waals surface area contributed by atoms with E-state index in [1.807, 2.05) is 19.1 Å². The second-order valence-electron chi connectivity index (χ2n) is 4.11. The van der Waals surface area contributed by atoms with E-state index in [0.717, 1.165) is 35.6 Å². The summed E-state index contributed by atoms with van der Waals surface area (Å²) in [6.07, 6.45) is 2.09. The van der Waals surface area contributed by atoms with Crippen LogP contribution in [0.3, 0.4) is 0 Å². The van der Waals surface area contributed by atoms with Gasteiger partial charge in [0.2, 0.25) is 0 Å². The summed E-state index contributed by atoms with van der Waals surface area (Å²) < 4.78 is 5.69. The summed E-state index contributed by atoms with van der Waals surface area (Å²) in [7, 11) is 0. The summed E-state index contributed by atoms with van der Waals surface area (Å²) in [6, 6.07) is 6.13. The van der Waals surface area contributed by atoms with E-state index in [0.29, 0.717) is 0 Å². The number of rotatable bonds is 1. The molecule has 2 unspecified atom stereocenters. The molecule has 0 spiro atoms. The largest absolute Gasteiger partial charge is 0.372 e. The molecule has 82 valence electrons. The van der Waals surface area contributed by atoms with Crippen molar-refractivity contribution < 1.29 is 4.74 Å². The van der Waals surface area contributed by atoms with Crippen molar-refractivity contribution in [3.05, 3.63) is 34.3 Å². The van der Waals surface area contributed by atoms with Crippen molar-refractivity contribution >= 4 is 11.6 Å². The Hall–Kier alpha value is -0.570. The molecule has 1 fully saturated rings. The molecule has 0 aliphatic carbocycles. The maximum Gasteiger partial charge on any atom is 0.0976 e. The molecular weight excluding hydrogens is 210 g/mol. The van der Waals surface area contributed by atoms with Gasteiger partial charge in [-0.1, -0.05) is 23.7 Å². The normalized spacial score (nSPS) is 26.6. The Balaban J connectivity index is 2.24. The zero-order valence-electron chi connectivity index (χ0n) is 8.87. The number of aryl methyl sites for hydroxylation is 1. The van der Waals surface area contributed by atoms with Crippen LogP contribution in [0.1, 0.15) is 30.1 Å². The summed E-state index contributed by atoms with van der Waals surface area (Å²) >= 11 is 6.08. The molecule has 0 aromatic heterocycles. The predicted octanol–water partition coefficient (Wildman–Crippen LogP) is 2.83. The topological polar surface area (TPSA) is 35.2 Å². The smallest absolute Gasteiger partial charge is 0.0976 e. The van der Waals surface area contributed by atoms with Gasteiger partial charge in [0, 0.05) is 17.7 Å². The predicted molar refractivity (Wildman–Crippen MR) is 62.1 cm³/mol. The van der Waals surface area contributed by atoms with Gasteiger partial charge in [-0.3, -0.25) is 0 Å². The van der Waals surface area contributed by atoms with Crippen LogP contribution in [0.5, 0.6) is 0 Å². The molecular formula is C12H16ClNO. The van der Waals surface area contributed by atoms with E-state index in [9.17, 15) is 0 Å². The number of hydrogen-bond donors (Lipinski definition) is 1. The minimum Gasteiger partial charge on any atom is -0.372 e. The Morgan fingerprint density at radius 1 is 1.47 bits per heavy atom. The first kappa shape index (κ1) is 10.9. The Kier molecular flexibility index (Phi) is 3.29. The van der Waals surface area contributed by atoms with E-state index in [-0.39, 0.29) is 12.1 Å². The minimum absolute atomic E-state index is 0.0110. The maximum absolute atomic E-state index is 6.08. The third-order valence-electron chi connectivity index (χ3n) is 2.89. The number of benzene rings is 1. The molecule has 0 radical (unpaired) electrons. The number of hydrogen-bond acceptors (Lipinski definition) is 2. The maximum atomic E-state index is 6.08. The van der Waals surface area contributed by atoms with Crippen LogP contribution >= 0.6 is 11.6 Å². The summed E-state index contributed by atoms with van der Waals surface area (Å²) in [5.74, 6) is 0. The first-order chi connectivity index (χ1) is 7.18. The molecule has 1 aliphatic heterocycles. The van der Waals surface area contributed by atoms with Crippen molar-refractivity contribution in [3.63, 3.8) is 0 Å². The highest BCUT2D eigenvalue weighted by Crippen LogP contribution is 2.29. The van der Waals surface area contributed by atoms with Crippen molar-refractivity contribution in [1.82, 2.24) is 0 Å². The summed E-state index contributed by atoms with van der Waals surface area (Å²) in [4.78, 5) is 0. The molecule has 1 aliphatic rings. The van der Waals surface area contributed by atoms with Gasteiger partial charge < -0.3 is 10.5 Å². The third-order valence-corrected chi connectivity index (χ3v) is 3.30. The average Bonchev–Trinajstić information content (AvgIpc) is 2.23. The highest BCUT2D eigenvalue weighted by atomic mass is 35.5. The van der Waals surface area contributed by atoms with Crippen LogP contribution < -0.4 is 5.73 Å². The molecule has 1 heterocycles. The molecule has 1 saturated heterocycles. The van der Waals surface area contributed by atoms with Gasteiger partial charge >= 0.3 is 0 Å². The standard InChI is InChI=1S/C12H16ClNO/c1-8-4-5-9(7-10(8)13)12-11(14)3-2-6-15-12/h4-5,7,11-12H,2-3,6,14H2,1H3. The molecule has 2 N–H and O–H groups in total. The summed E-state index contributed by atoms with van der Waals surface area (Å²) in [6.45, 7) is 2.79. The molecule has 0 bridgehead atoms. The number of ether oxygens (including phenoxy) is 1. The van der Waals surface area contributed by atoms with Gasteiger partial charge in [-0.25, -0.2) is 0 Å². The second-order valence-corrected chi connectivity index (χ2v) is 4.51. The van der Waals surface area contributed by atoms with Crippen LogP contribution in [-0.4, -0.2) is 12.6 Å².